The fourth-order valence-corrected chi connectivity index (χ4v) is 6.73. The molecule has 1 aliphatic rings. The second-order valence-electron chi connectivity index (χ2n) is 12.8. The Hall–Kier alpha value is -2.88. The molecule has 0 amide bonds. The number of hydrogen-bond acceptors (Lipinski definition) is 0. The third kappa shape index (κ3) is 9.08. The van der Waals surface area contributed by atoms with Gasteiger partial charge in [0.1, 0.15) is 0 Å². The van der Waals surface area contributed by atoms with E-state index in [1.165, 1.54) is 57.8 Å². The molecule has 3 aromatic rings. The van der Waals surface area contributed by atoms with Crippen LogP contribution in [0.25, 0.3) is 22.3 Å². The first-order valence-corrected chi connectivity index (χ1v) is 17.1. The van der Waals surface area contributed by atoms with Crippen LogP contribution in [-0.2, 0) is 6.42 Å². The topological polar surface area (TPSA) is 0 Å². The molecule has 0 aliphatic heterocycles. The average molecular weight is 607 g/mol. The van der Waals surface area contributed by atoms with Crippen LogP contribution in [0.1, 0.15) is 127 Å². The summed E-state index contributed by atoms with van der Waals surface area (Å²) in [5, 5.41) is 0. The zero-order valence-electron chi connectivity index (χ0n) is 26.8. The molecule has 4 heteroatoms. The van der Waals surface area contributed by atoms with Gasteiger partial charge in [-0.15, -0.1) is 0 Å². The Balaban J connectivity index is 1.33. The monoisotopic (exact) mass is 606 g/mol. The SMILES string of the molecule is CCC/C=C\Cc1ccc(-c2ccc(-c3ccc(C4CCC(CCCCCCCCCC)CC4)c(F)c3F)cc2)c(F)c1F. The minimum absolute atomic E-state index is 0.0544. The number of benzene rings is 3. The minimum atomic E-state index is -0.895. The van der Waals surface area contributed by atoms with Crippen LogP contribution in [0.3, 0.4) is 0 Å². The van der Waals surface area contributed by atoms with Crippen LogP contribution in [-0.4, -0.2) is 0 Å². The van der Waals surface area contributed by atoms with Gasteiger partial charge in [0.2, 0.25) is 0 Å². The van der Waals surface area contributed by atoms with Crippen molar-refractivity contribution >= 4 is 0 Å². The zero-order valence-corrected chi connectivity index (χ0v) is 26.8. The second-order valence-corrected chi connectivity index (χ2v) is 12.8. The Morgan fingerprint density at radius 2 is 1.14 bits per heavy atom. The van der Waals surface area contributed by atoms with E-state index in [9.17, 15) is 8.78 Å². The minimum Gasteiger partial charge on any atom is -0.203 e. The highest BCUT2D eigenvalue weighted by molar-refractivity contribution is 5.71. The molecular formula is C40H50F4. The van der Waals surface area contributed by atoms with Gasteiger partial charge in [-0.2, -0.15) is 0 Å². The number of rotatable bonds is 16. The molecule has 1 fully saturated rings. The van der Waals surface area contributed by atoms with E-state index >= 15 is 8.78 Å². The molecule has 0 atom stereocenters. The van der Waals surface area contributed by atoms with Crippen LogP contribution < -0.4 is 0 Å². The van der Waals surface area contributed by atoms with Crippen LogP contribution in [0.15, 0.2) is 60.7 Å². The number of halogens is 4. The highest BCUT2D eigenvalue weighted by Crippen LogP contribution is 2.40. The van der Waals surface area contributed by atoms with Gasteiger partial charge >= 0.3 is 0 Å². The first kappa shape index (κ1) is 34.0. The molecule has 44 heavy (non-hydrogen) atoms. The molecule has 0 heterocycles. The van der Waals surface area contributed by atoms with Gasteiger partial charge in [0, 0.05) is 11.1 Å². The number of allylic oxidation sites excluding steroid dienone is 2. The van der Waals surface area contributed by atoms with Gasteiger partial charge in [-0.1, -0.05) is 139 Å². The van der Waals surface area contributed by atoms with E-state index in [0.29, 0.717) is 34.6 Å². The summed E-state index contributed by atoms with van der Waals surface area (Å²) < 4.78 is 60.4. The first-order valence-electron chi connectivity index (χ1n) is 17.1. The third-order valence-corrected chi connectivity index (χ3v) is 9.49. The molecule has 0 spiro atoms. The Morgan fingerprint density at radius 1 is 0.568 bits per heavy atom. The standard InChI is InChI=1S/C40H50F4/c1-3-5-7-9-10-11-12-13-15-29-17-19-30(20-18-29)35-27-28-36(40(44)39(35)43)32-23-21-31(22-24-32)34-26-25-33(37(41)38(34)42)16-14-8-6-4-2/h8,14,21-30H,3-7,9-13,15-20H2,1-2H3/b14-8-. The maximum absolute atomic E-state index is 15.4. The summed E-state index contributed by atoms with van der Waals surface area (Å²) in [7, 11) is 0. The van der Waals surface area contributed by atoms with Crippen LogP contribution in [0.5, 0.6) is 0 Å². The van der Waals surface area contributed by atoms with Crippen molar-refractivity contribution < 1.29 is 17.6 Å². The lowest BCUT2D eigenvalue weighted by Gasteiger charge is -2.29. The fourth-order valence-electron chi connectivity index (χ4n) is 6.73. The Kier molecular flexibility index (Phi) is 13.6. The fraction of sp³-hybridized carbons (Fsp3) is 0.500. The largest absolute Gasteiger partial charge is 0.203 e. The highest BCUT2D eigenvalue weighted by Gasteiger charge is 2.26. The summed E-state index contributed by atoms with van der Waals surface area (Å²) in [6.45, 7) is 4.31. The van der Waals surface area contributed by atoms with Gasteiger partial charge in [0.15, 0.2) is 23.3 Å². The molecule has 3 aromatic carbocycles. The molecule has 0 aromatic heterocycles. The Morgan fingerprint density at radius 3 is 1.75 bits per heavy atom. The van der Waals surface area contributed by atoms with Gasteiger partial charge in [-0.25, -0.2) is 17.6 Å². The average Bonchev–Trinajstić information content (AvgIpc) is 3.04. The van der Waals surface area contributed by atoms with Crippen molar-refractivity contribution in [2.24, 2.45) is 5.92 Å². The molecule has 0 nitrogen and oxygen atoms in total. The van der Waals surface area contributed by atoms with Crippen LogP contribution in [0.2, 0.25) is 0 Å². The van der Waals surface area contributed by atoms with Crippen molar-refractivity contribution in [1.29, 1.82) is 0 Å². The molecule has 0 bridgehead atoms. The lowest BCUT2D eigenvalue weighted by molar-refractivity contribution is 0.297. The van der Waals surface area contributed by atoms with E-state index < -0.39 is 23.3 Å². The molecular weight excluding hydrogens is 556 g/mol. The highest BCUT2D eigenvalue weighted by atomic mass is 19.2. The van der Waals surface area contributed by atoms with Gasteiger partial charge in [-0.05, 0) is 72.6 Å². The summed E-state index contributed by atoms with van der Waals surface area (Å²) in [5.41, 5.74) is 2.11. The van der Waals surface area contributed by atoms with Crippen molar-refractivity contribution in [3.05, 3.63) is 95.1 Å². The van der Waals surface area contributed by atoms with Gasteiger partial charge < -0.3 is 0 Å². The predicted octanol–water partition coefficient (Wildman–Crippen LogP) is 13.3. The Bertz CT molecular complexity index is 1330. The zero-order chi connectivity index (χ0) is 31.3. The van der Waals surface area contributed by atoms with E-state index in [4.69, 9.17) is 0 Å². The summed E-state index contributed by atoms with van der Waals surface area (Å²) in [4.78, 5) is 0. The van der Waals surface area contributed by atoms with Crippen molar-refractivity contribution in [1.82, 2.24) is 0 Å². The summed E-state index contributed by atoms with van der Waals surface area (Å²) in [6, 6.07) is 13.1. The third-order valence-electron chi connectivity index (χ3n) is 9.49. The summed E-state index contributed by atoms with van der Waals surface area (Å²) in [5.74, 6) is -2.58. The smallest absolute Gasteiger partial charge is 0.166 e. The molecule has 4 rings (SSSR count). The molecule has 1 aliphatic carbocycles. The second kappa shape index (κ2) is 17.6. The van der Waals surface area contributed by atoms with Crippen molar-refractivity contribution in [3.8, 4) is 22.3 Å². The van der Waals surface area contributed by atoms with Crippen molar-refractivity contribution in [3.63, 3.8) is 0 Å². The van der Waals surface area contributed by atoms with Gasteiger partial charge in [-0.3, -0.25) is 0 Å². The van der Waals surface area contributed by atoms with Gasteiger partial charge in [0.25, 0.3) is 0 Å². The van der Waals surface area contributed by atoms with Crippen molar-refractivity contribution in [2.45, 2.75) is 122 Å². The lowest BCUT2D eigenvalue weighted by atomic mass is 9.76. The van der Waals surface area contributed by atoms with Gasteiger partial charge in [0.05, 0.1) is 0 Å². The molecule has 0 radical (unpaired) electrons. The van der Waals surface area contributed by atoms with Crippen LogP contribution >= 0.6 is 0 Å². The Labute approximate surface area is 263 Å². The van der Waals surface area contributed by atoms with E-state index in [1.54, 1.807) is 48.5 Å². The molecule has 0 unspecified atom stereocenters. The number of unbranched alkanes of at least 4 members (excludes halogenated alkanes) is 8. The first-order chi connectivity index (χ1) is 21.4. The van der Waals surface area contributed by atoms with Crippen LogP contribution in [0, 0.1) is 29.2 Å². The normalized spacial score (nSPS) is 17.0. The molecule has 1 saturated carbocycles. The maximum Gasteiger partial charge on any atom is 0.166 e. The molecule has 238 valence electrons. The quantitative estimate of drug-likeness (QED) is 0.0864. The van der Waals surface area contributed by atoms with E-state index in [-0.39, 0.29) is 17.0 Å². The van der Waals surface area contributed by atoms with E-state index in [1.807, 2.05) is 12.2 Å². The summed E-state index contributed by atoms with van der Waals surface area (Å²) in [6.07, 6.45) is 21.9. The van der Waals surface area contributed by atoms with E-state index in [0.717, 1.165) is 38.5 Å². The maximum atomic E-state index is 15.4. The molecule has 0 saturated heterocycles. The van der Waals surface area contributed by atoms with Crippen LogP contribution in [0.4, 0.5) is 17.6 Å². The van der Waals surface area contributed by atoms with E-state index in [2.05, 4.69) is 13.8 Å². The lowest BCUT2D eigenvalue weighted by Crippen LogP contribution is -2.15. The summed E-state index contributed by atoms with van der Waals surface area (Å²) >= 11 is 0. The number of hydrogen-bond donors (Lipinski definition) is 0. The molecule has 0 N–H and O–H groups in total. The predicted molar refractivity (Wildman–Crippen MR) is 177 cm³/mol. The van der Waals surface area contributed by atoms with Crippen molar-refractivity contribution in [2.75, 3.05) is 0 Å².